The summed E-state index contributed by atoms with van der Waals surface area (Å²) in [6.45, 7) is 4.16. The Kier molecular flexibility index (Phi) is 3.54. The number of thiophene rings is 1. The van der Waals surface area contributed by atoms with E-state index in [9.17, 15) is 0 Å². The number of hydrogen-bond acceptors (Lipinski definition) is 4. The number of nitrogens with zero attached hydrogens (tertiary/aromatic N) is 2. The molecule has 0 saturated heterocycles. The van der Waals surface area contributed by atoms with E-state index in [2.05, 4.69) is 29.1 Å². The molecule has 1 N–H and O–H groups in total. The molecule has 0 fully saturated rings. The van der Waals surface area contributed by atoms with E-state index in [0.717, 1.165) is 21.7 Å². The van der Waals surface area contributed by atoms with Crippen molar-refractivity contribution in [2.45, 2.75) is 13.8 Å². The molecule has 0 aliphatic heterocycles. The summed E-state index contributed by atoms with van der Waals surface area (Å²) in [6.07, 6.45) is 1.56. The van der Waals surface area contributed by atoms with Crippen LogP contribution < -0.4 is 5.32 Å². The molecule has 2 aromatic heterocycles. The van der Waals surface area contributed by atoms with Crippen LogP contribution in [-0.2, 0) is 0 Å². The van der Waals surface area contributed by atoms with Crippen LogP contribution >= 0.6 is 34.5 Å². The highest BCUT2D eigenvalue weighted by atomic mass is 35.5. The van der Waals surface area contributed by atoms with Crippen molar-refractivity contribution >= 4 is 56.3 Å². The third-order valence-electron chi connectivity index (χ3n) is 3.15. The summed E-state index contributed by atoms with van der Waals surface area (Å²) < 4.78 is 0. The van der Waals surface area contributed by atoms with E-state index in [1.54, 1.807) is 29.8 Å². The van der Waals surface area contributed by atoms with Crippen molar-refractivity contribution in [1.82, 2.24) is 9.97 Å². The zero-order valence-electron chi connectivity index (χ0n) is 10.9. The Labute approximate surface area is 130 Å². The van der Waals surface area contributed by atoms with Gasteiger partial charge in [-0.15, -0.1) is 11.3 Å². The fraction of sp³-hybridized carbons (Fsp3) is 0.143. The SMILES string of the molecule is Cc1sc2ncnc(Nc3ccc(Cl)cc3Cl)c2c1C. The molecule has 20 heavy (non-hydrogen) atoms. The lowest BCUT2D eigenvalue weighted by atomic mass is 10.2. The van der Waals surface area contributed by atoms with Crippen molar-refractivity contribution in [2.24, 2.45) is 0 Å². The van der Waals surface area contributed by atoms with Gasteiger partial charge in [0, 0.05) is 9.90 Å². The Hall–Kier alpha value is -1.36. The minimum atomic E-state index is 0.564. The molecule has 0 atom stereocenters. The molecule has 0 radical (unpaired) electrons. The first kappa shape index (κ1) is 13.6. The van der Waals surface area contributed by atoms with Gasteiger partial charge < -0.3 is 5.32 Å². The fourth-order valence-electron chi connectivity index (χ4n) is 2.00. The molecule has 0 unspecified atom stereocenters. The molecule has 0 spiro atoms. The lowest BCUT2D eigenvalue weighted by Gasteiger charge is -2.09. The van der Waals surface area contributed by atoms with Crippen LogP contribution in [0.15, 0.2) is 24.5 Å². The van der Waals surface area contributed by atoms with Crippen LogP contribution in [0.5, 0.6) is 0 Å². The molecule has 3 aromatic rings. The highest BCUT2D eigenvalue weighted by Gasteiger charge is 2.13. The number of anilines is 2. The van der Waals surface area contributed by atoms with E-state index in [1.807, 2.05) is 6.07 Å². The summed E-state index contributed by atoms with van der Waals surface area (Å²) in [5, 5.41) is 5.48. The molecule has 0 amide bonds. The van der Waals surface area contributed by atoms with Gasteiger partial charge in [0.15, 0.2) is 0 Å². The standard InChI is InChI=1S/C14H11Cl2N3S/c1-7-8(2)20-14-12(7)13(17-6-18-14)19-11-4-3-9(15)5-10(11)16/h3-6H,1-2H3,(H,17,18,19). The average Bonchev–Trinajstić information content (AvgIpc) is 2.69. The Bertz CT molecular complexity index is 798. The summed E-state index contributed by atoms with van der Waals surface area (Å²) in [7, 11) is 0. The molecular weight excluding hydrogens is 313 g/mol. The first-order chi connectivity index (χ1) is 9.56. The van der Waals surface area contributed by atoms with E-state index in [-0.39, 0.29) is 0 Å². The summed E-state index contributed by atoms with van der Waals surface area (Å²) in [4.78, 5) is 10.9. The first-order valence-corrected chi connectivity index (χ1v) is 7.56. The maximum Gasteiger partial charge on any atom is 0.142 e. The van der Waals surface area contributed by atoms with Gasteiger partial charge >= 0.3 is 0 Å². The minimum absolute atomic E-state index is 0.564. The number of nitrogens with one attached hydrogen (secondary N) is 1. The van der Waals surface area contributed by atoms with Crippen molar-refractivity contribution in [3.05, 3.63) is 45.0 Å². The third-order valence-corrected chi connectivity index (χ3v) is 4.81. The number of rotatable bonds is 2. The Morgan fingerprint density at radius 1 is 1.15 bits per heavy atom. The van der Waals surface area contributed by atoms with E-state index < -0.39 is 0 Å². The van der Waals surface area contributed by atoms with Crippen LogP contribution in [0.3, 0.4) is 0 Å². The van der Waals surface area contributed by atoms with Gasteiger partial charge in [0.05, 0.1) is 16.1 Å². The normalized spacial score (nSPS) is 11.0. The van der Waals surface area contributed by atoms with Crippen LogP contribution in [0.4, 0.5) is 11.5 Å². The van der Waals surface area contributed by atoms with Gasteiger partial charge in [-0.1, -0.05) is 23.2 Å². The molecule has 3 nitrogen and oxygen atoms in total. The Morgan fingerprint density at radius 3 is 2.70 bits per heavy atom. The number of aryl methyl sites for hydroxylation is 2. The highest BCUT2D eigenvalue weighted by Crippen LogP contribution is 2.35. The fourth-order valence-corrected chi connectivity index (χ4v) is 3.45. The smallest absolute Gasteiger partial charge is 0.142 e. The third kappa shape index (κ3) is 2.35. The van der Waals surface area contributed by atoms with Crippen molar-refractivity contribution in [3.8, 4) is 0 Å². The second kappa shape index (κ2) is 5.20. The predicted octanol–water partition coefficient (Wildman–Crippen LogP) is 5.36. The molecule has 0 aliphatic carbocycles. The number of benzene rings is 1. The van der Waals surface area contributed by atoms with Crippen molar-refractivity contribution in [3.63, 3.8) is 0 Å². The van der Waals surface area contributed by atoms with Gasteiger partial charge in [-0.25, -0.2) is 9.97 Å². The molecule has 0 bridgehead atoms. The van der Waals surface area contributed by atoms with E-state index in [1.165, 1.54) is 10.4 Å². The van der Waals surface area contributed by atoms with Gasteiger partial charge in [-0.05, 0) is 37.6 Å². The molecule has 2 heterocycles. The van der Waals surface area contributed by atoms with Crippen LogP contribution in [-0.4, -0.2) is 9.97 Å². The van der Waals surface area contributed by atoms with E-state index in [0.29, 0.717) is 10.0 Å². The monoisotopic (exact) mass is 323 g/mol. The number of hydrogen-bond donors (Lipinski definition) is 1. The summed E-state index contributed by atoms with van der Waals surface area (Å²) in [5.41, 5.74) is 1.97. The molecule has 1 aromatic carbocycles. The second-order valence-corrected chi connectivity index (χ2v) is 6.48. The van der Waals surface area contributed by atoms with Gasteiger partial charge in [0.2, 0.25) is 0 Å². The Morgan fingerprint density at radius 2 is 1.95 bits per heavy atom. The maximum atomic E-state index is 6.19. The predicted molar refractivity (Wildman–Crippen MR) is 86.6 cm³/mol. The molecule has 0 saturated carbocycles. The lowest BCUT2D eigenvalue weighted by Crippen LogP contribution is -1.96. The minimum Gasteiger partial charge on any atom is -0.338 e. The topological polar surface area (TPSA) is 37.8 Å². The molecule has 0 aliphatic rings. The van der Waals surface area contributed by atoms with Gasteiger partial charge in [-0.2, -0.15) is 0 Å². The summed E-state index contributed by atoms with van der Waals surface area (Å²) in [6, 6.07) is 5.34. The van der Waals surface area contributed by atoms with Crippen LogP contribution in [0.2, 0.25) is 10.0 Å². The quantitative estimate of drug-likeness (QED) is 0.690. The zero-order chi connectivity index (χ0) is 14.3. The van der Waals surface area contributed by atoms with Gasteiger partial charge in [0.1, 0.15) is 17.0 Å². The van der Waals surface area contributed by atoms with Crippen LogP contribution in [0, 0.1) is 13.8 Å². The largest absolute Gasteiger partial charge is 0.338 e. The number of aromatic nitrogens is 2. The van der Waals surface area contributed by atoms with Gasteiger partial charge in [-0.3, -0.25) is 0 Å². The summed E-state index contributed by atoms with van der Waals surface area (Å²) >= 11 is 13.8. The van der Waals surface area contributed by atoms with Crippen molar-refractivity contribution < 1.29 is 0 Å². The first-order valence-electron chi connectivity index (χ1n) is 5.99. The highest BCUT2D eigenvalue weighted by molar-refractivity contribution is 7.18. The summed E-state index contributed by atoms with van der Waals surface area (Å²) in [5.74, 6) is 0.765. The second-order valence-electron chi connectivity index (χ2n) is 4.43. The number of fused-ring (bicyclic) bond motifs is 1. The number of halogens is 2. The maximum absolute atomic E-state index is 6.19. The lowest BCUT2D eigenvalue weighted by molar-refractivity contribution is 1.22. The van der Waals surface area contributed by atoms with Crippen LogP contribution in [0.1, 0.15) is 10.4 Å². The molecule has 3 rings (SSSR count). The van der Waals surface area contributed by atoms with Crippen molar-refractivity contribution in [2.75, 3.05) is 5.32 Å². The molecule has 6 heteroatoms. The Balaban J connectivity index is 2.11. The van der Waals surface area contributed by atoms with E-state index in [4.69, 9.17) is 23.2 Å². The van der Waals surface area contributed by atoms with Crippen LogP contribution in [0.25, 0.3) is 10.2 Å². The average molecular weight is 324 g/mol. The zero-order valence-corrected chi connectivity index (χ0v) is 13.2. The van der Waals surface area contributed by atoms with E-state index >= 15 is 0 Å². The molecular formula is C14H11Cl2N3S. The van der Waals surface area contributed by atoms with Crippen molar-refractivity contribution in [1.29, 1.82) is 0 Å². The molecule has 102 valence electrons. The van der Waals surface area contributed by atoms with Gasteiger partial charge in [0.25, 0.3) is 0 Å².